The molecule has 0 aromatic heterocycles. The van der Waals surface area contributed by atoms with Gasteiger partial charge in [-0.25, -0.2) is 13.2 Å². The first-order chi connectivity index (χ1) is 9.51. The van der Waals surface area contributed by atoms with Crippen LogP contribution in [0, 0.1) is 24.4 Å². The second kappa shape index (κ2) is 6.07. The van der Waals surface area contributed by atoms with Crippen molar-refractivity contribution in [2.24, 2.45) is 5.84 Å². The van der Waals surface area contributed by atoms with Gasteiger partial charge in [0, 0.05) is 0 Å². The maximum absolute atomic E-state index is 13.2. The van der Waals surface area contributed by atoms with Gasteiger partial charge in [0.05, 0.1) is 6.04 Å². The lowest BCUT2D eigenvalue weighted by atomic mass is 9.95. The Kier molecular flexibility index (Phi) is 4.42. The lowest BCUT2D eigenvalue weighted by Crippen LogP contribution is -2.30. The second-order valence-electron chi connectivity index (χ2n) is 4.67. The number of nitrogens with two attached hydrogens (primary N) is 1. The van der Waals surface area contributed by atoms with Gasteiger partial charge in [0.25, 0.3) is 0 Å². The maximum Gasteiger partial charge on any atom is 0.159 e. The van der Waals surface area contributed by atoms with E-state index in [1.165, 1.54) is 18.2 Å². The molecule has 0 aliphatic carbocycles. The van der Waals surface area contributed by atoms with E-state index in [4.69, 9.17) is 5.84 Å². The van der Waals surface area contributed by atoms with Gasteiger partial charge in [-0.1, -0.05) is 12.1 Å². The molecular formula is C15H15F3N2. The minimum Gasteiger partial charge on any atom is -0.271 e. The van der Waals surface area contributed by atoms with Crippen molar-refractivity contribution < 1.29 is 13.2 Å². The molecule has 0 aliphatic heterocycles. The second-order valence-corrected chi connectivity index (χ2v) is 4.67. The van der Waals surface area contributed by atoms with Crippen molar-refractivity contribution in [2.45, 2.75) is 19.4 Å². The molecule has 0 radical (unpaired) electrons. The highest BCUT2D eigenvalue weighted by Gasteiger charge is 2.14. The molecule has 0 heterocycles. The Morgan fingerprint density at radius 3 is 2.40 bits per heavy atom. The first kappa shape index (κ1) is 14.6. The Morgan fingerprint density at radius 2 is 1.80 bits per heavy atom. The summed E-state index contributed by atoms with van der Waals surface area (Å²) in [5.74, 6) is 3.41. The summed E-state index contributed by atoms with van der Waals surface area (Å²) in [6, 6.07) is 7.80. The van der Waals surface area contributed by atoms with E-state index in [1.54, 1.807) is 13.0 Å². The van der Waals surface area contributed by atoms with E-state index >= 15 is 0 Å². The van der Waals surface area contributed by atoms with Gasteiger partial charge in [-0.2, -0.15) is 0 Å². The quantitative estimate of drug-likeness (QED) is 0.667. The number of benzene rings is 2. The van der Waals surface area contributed by atoms with Gasteiger partial charge in [-0.05, 0) is 54.3 Å². The number of aryl methyl sites for hydroxylation is 1. The van der Waals surface area contributed by atoms with E-state index < -0.39 is 11.6 Å². The molecule has 0 aliphatic rings. The molecule has 2 nitrogen and oxygen atoms in total. The molecule has 20 heavy (non-hydrogen) atoms. The van der Waals surface area contributed by atoms with E-state index in [2.05, 4.69) is 5.43 Å². The van der Waals surface area contributed by atoms with Crippen molar-refractivity contribution >= 4 is 0 Å². The van der Waals surface area contributed by atoms with Crippen LogP contribution in [0.5, 0.6) is 0 Å². The summed E-state index contributed by atoms with van der Waals surface area (Å²) in [6.45, 7) is 1.77. The minimum atomic E-state index is -0.894. The Morgan fingerprint density at radius 1 is 1.05 bits per heavy atom. The van der Waals surface area contributed by atoms with Crippen molar-refractivity contribution in [3.8, 4) is 0 Å². The standard InChI is InChI=1S/C15H15F3N2/c1-9-6-11(16)3-4-12(9)15(20-19)8-10-2-5-13(17)14(18)7-10/h2-7,15,20H,8,19H2,1H3. The molecule has 0 saturated heterocycles. The monoisotopic (exact) mass is 280 g/mol. The SMILES string of the molecule is Cc1cc(F)ccc1C(Cc1ccc(F)c(F)c1)NN. The maximum atomic E-state index is 13.2. The Hall–Kier alpha value is -1.85. The van der Waals surface area contributed by atoms with Crippen molar-refractivity contribution in [3.63, 3.8) is 0 Å². The Balaban J connectivity index is 2.26. The minimum absolute atomic E-state index is 0.305. The number of rotatable bonds is 4. The molecule has 106 valence electrons. The van der Waals surface area contributed by atoms with Gasteiger partial charge < -0.3 is 0 Å². The van der Waals surface area contributed by atoms with Crippen LogP contribution >= 0.6 is 0 Å². The number of hydrogen-bond donors (Lipinski definition) is 2. The number of hydrogen-bond acceptors (Lipinski definition) is 2. The van der Waals surface area contributed by atoms with Crippen LogP contribution in [-0.4, -0.2) is 0 Å². The molecule has 1 atom stereocenters. The predicted molar refractivity (Wildman–Crippen MR) is 71.3 cm³/mol. The van der Waals surface area contributed by atoms with Gasteiger partial charge in [-0.3, -0.25) is 11.3 Å². The third kappa shape index (κ3) is 3.18. The van der Waals surface area contributed by atoms with Crippen LogP contribution in [0.4, 0.5) is 13.2 Å². The van der Waals surface area contributed by atoms with Crippen LogP contribution in [-0.2, 0) is 6.42 Å². The summed E-state index contributed by atoms with van der Waals surface area (Å²) in [5.41, 5.74) is 4.79. The highest BCUT2D eigenvalue weighted by molar-refractivity contribution is 5.31. The topological polar surface area (TPSA) is 38.0 Å². The molecule has 2 rings (SSSR count). The molecule has 5 heteroatoms. The van der Waals surface area contributed by atoms with Crippen molar-refractivity contribution in [2.75, 3.05) is 0 Å². The van der Waals surface area contributed by atoms with Crippen LogP contribution in [0.15, 0.2) is 36.4 Å². The summed E-state index contributed by atoms with van der Waals surface area (Å²) >= 11 is 0. The summed E-state index contributed by atoms with van der Waals surface area (Å²) in [7, 11) is 0. The molecule has 1 unspecified atom stereocenters. The fourth-order valence-corrected chi connectivity index (χ4v) is 2.19. The van der Waals surface area contributed by atoms with Gasteiger partial charge in [0.2, 0.25) is 0 Å². The van der Waals surface area contributed by atoms with Crippen molar-refractivity contribution in [1.29, 1.82) is 0 Å². The molecule has 0 amide bonds. The van der Waals surface area contributed by atoms with Crippen molar-refractivity contribution in [1.82, 2.24) is 5.43 Å². The summed E-state index contributed by atoms with van der Waals surface area (Å²) in [6.07, 6.45) is 0.375. The highest BCUT2D eigenvalue weighted by atomic mass is 19.2. The molecule has 0 bridgehead atoms. The zero-order chi connectivity index (χ0) is 14.7. The van der Waals surface area contributed by atoms with Crippen LogP contribution in [0.25, 0.3) is 0 Å². The molecule has 2 aromatic carbocycles. The lowest BCUT2D eigenvalue weighted by molar-refractivity contribution is 0.502. The van der Waals surface area contributed by atoms with Gasteiger partial charge in [0.15, 0.2) is 11.6 Å². The van der Waals surface area contributed by atoms with Gasteiger partial charge >= 0.3 is 0 Å². The average molecular weight is 280 g/mol. The summed E-state index contributed by atoms with van der Waals surface area (Å²) < 4.78 is 39.2. The summed E-state index contributed by atoms with van der Waals surface area (Å²) in [4.78, 5) is 0. The van der Waals surface area contributed by atoms with E-state index in [9.17, 15) is 13.2 Å². The third-order valence-corrected chi connectivity index (χ3v) is 3.23. The number of halogens is 3. The third-order valence-electron chi connectivity index (χ3n) is 3.23. The highest BCUT2D eigenvalue weighted by Crippen LogP contribution is 2.22. The molecular weight excluding hydrogens is 265 g/mol. The van der Waals surface area contributed by atoms with E-state index in [1.807, 2.05) is 0 Å². The number of nitrogens with one attached hydrogen (secondary N) is 1. The molecule has 2 aromatic rings. The van der Waals surface area contributed by atoms with E-state index in [0.29, 0.717) is 12.0 Å². The van der Waals surface area contributed by atoms with Gasteiger partial charge in [0.1, 0.15) is 5.82 Å². The van der Waals surface area contributed by atoms with E-state index in [0.717, 1.165) is 23.3 Å². The zero-order valence-electron chi connectivity index (χ0n) is 11.0. The average Bonchev–Trinajstić information content (AvgIpc) is 2.41. The predicted octanol–water partition coefficient (Wildman–Crippen LogP) is 3.16. The molecule has 3 N–H and O–H groups in total. The van der Waals surface area contributed by atoms with Crippen LogP contribution in [0.2, 0.25) is 0 Å². The fourth-order valence-electron chi connectivity index (χ4n) is 2.19. The smallest absolute Gasteiger partial charge is 0.159 e. The first-order valence-corrected chi connectivity index (χ1v) is 6.17. The fraction of sp³-hybridized carbons (Fsp3) is 0.200. The van der Waals surface area contributed by atoms with Crippen LogP contribution < -0.4 is 11.3 Å². The van der Waals surface area contributed by atoms with Crippen LogP contribution in [0.1, 0.15) is 22.7 Å². The first-order valence-electron chi connectivity index (χ1n) is 6.17. The normalized spacial score (nSPS) is 12.4. The van der Waals surface area contributed by atoms with E-state index in [-0.39, 0.29) is 11.9 Å². The Labute approximate surface area is 115 Å². The molecule has 0 spiro atoms. The largest absolute Gasteiger partial charge is 0.271 e. The number of hydrazine groups is 1. The van der Waals surface area contributed by atoms with Gasteiger partial charge in [-0.15, -0.1) is 0 Å². The van der Waals surface area contributed by atoms with Crippen LogP contribution in [0.3, 0.4) is 0 Å². The summed E-state index contributed by atoms with van der Waals surface area (Å²) in [5, 5.41) is 0. The lowest BCUT2D eigenvalue weighted by Gasteiger charge is -2.19. The van der Waals surface area contributed by atoms with Crippen molar-refractivity contribution in [3.05, 3.63) is 70.5 Å². The Bertz CT molecular complexity index is 614. The molecule has 0 fully saturated rings. The molecule has 0 saturated carbocycles. The zero-order valence-corrected chi connectivity index (χ0v) is 11.0.